The summed E-state index contributed by atoms with van der Waals surface area (Å²) in [4.78, 5) is 0. The summed E-state index contributed by atoms with van der Waals surface area (Å²) < 4.78 is 5.63. The number of rotatable bonds is 5. The van der Waals surface area contributed by atoms with E-state index in [-0.39, 0.29) is 6.04 Å². The van der Waals surface area contributed by atoms with E-state index in [1.165, 1.54) is 0 Å². The predicted octanol–water partition coefficient (Wildman–Crippen LogP) is 2.50. The Morgan fingerprint density at radius 3 is 2.71 bits per heavy atom. The molecule has 1 aromatic rings. The molecular formula is C12H19NO. The number of para-hydroxylation sites is 1. The van der Waals surface area contributed by atoms with E-state index >= 15 is 0 Å². The number of hydrogen-bond donors (Lipinski definition) is 1. The van der Waals surface area contributed by atoms with Gasteiger partial charge in [-0.2, -0.15) is 0 Å². The van der Waals surface area contributed by atoms with Gasteiger partial charge >= 0.3 is 0 Å². The first-order chi connectivity index (χ1) is 6.74. The topological polar surface area (TPSA) is 35.2 Å². The van der Waals surface area contributed by atoms with Crippen LogP contribution in [0.1, 0.15) is 25.3 Å². The summed E-state index contributed by atoms with van der Waals surface area (Å²) in [6.07, 6.45) is 2.13. The number of benzene rings is 1. The Kier molecular flexibility index (Phi) is 4.47. The summed E-state index contributed by atoms with van der Waals surface area (Å²) in [5.41, 5.74) is 7.02. The van der Waals surface area contributed by atoms with Gasteiger partial charge in [0.1, 0.15) is 12.4 Å². The Balaban J connectivity index is 2.41. The molecule has 0 fully saturated rings. The first-order valence-corrected chi connectivity index (χ1v) is 5.18. The van der Waals surface area contributed by atoms with E-state index in [1.807, 2.05) is 31.2 Å². The van der Waals surface area contributed by atoms with E-state index in [2.05, 4.69) is 6.92 Å². The molecule has 0 saturated heterocycles. The summed E-state index contributed by atoms with van der Waals surface area (Å²) >= 11 is 0. The quantitative estimate of drug-likeness (QED) is 0.779. The molecule has 1 unspecified atom stereocenters. The van der Waals surface area contributed by atoms with E-state index in [1.54, 1.807) is 0 Å². The molecule has 0 heterocycles. The van der Waals surface area contributed by atoms with Gasteiger partial charge in [0.2, 0.25) is 0 Å². The van der Waals surface area contributed by atoms with Crippen LogP contribution >= 0.6 is 0 Å². The van der Waals surface area contributed by atoms with Crippen molar-refractivity contribution in [2.45, 2.75) is 32.7 Å². The highest BCUT2D eigenvalue weighted by Gasteiger charge is 2.03. The second-order valence-electron chi connectivity index (χ2n) is 3.63. The van der Waals surface area contributed by atoms with Gasteiger partial charge in [0, 0.05) is 6.04 Å². The molecule has 0 spiro atoms. The van der Waals surface area contributed by atoms with Crippen molar-refractivity contribution in [2.75, 3.05) is 6.61 Å². The minimum Gasteiger partial charge on any atom is -0.492 e. The van der Waals surface area contributed by atoms with Crippen LogP contribution in [0.25, 0.3) is 0 Å². The molecule has 0 aromatic heterocycles. The second kappa shape index (κ2) is 5.66. The highest BCUT2D eigenvalue weighted by atomic mass is 16.5. The van der Waals surface area contributed by atoms with E-state index in [4.69, 9.17) is 10.5 Å². The number of nitrogens with two attached hydrogens (primary N) is 1. The SMILES string of the molecule is CCCC(N)COc1ccccc1C. The number of hydrogen-bond acceptors (Lipinski definition) is 2. The third-order valence-electron chi connectivity index (χ3n) is 2.21. The molecule has 0 aliphatic heterocycles. The summed E-state index contributed by atoms with van der Waals surface area (Å²) in [5, 5.41) is 0. The van der Waals surface area contributed by atoms with E-state index in [0.717, 1.165) is 24.2 Å². The average molecular weight is 193 g/mol. The zero-order chi connectivity index (χ0) is 10.4. The van der Waals surface area contributed by atoms with Crippen LogP contribution in [0.15, 0.2) is 24.3 Å². The van der Waals surface area contributed by atoms with E-state index < -0.39 is 0 Å². The number of ether oxygens (including phenoxy) is 1. The minimum absolute atomic E-state index is 0.152. The Labute approximate surface area is 86.1 Å². The predicted molar refractivity (Wildman–Crippen MR) is 59.6 cm³/mol. The molecule has 1 rings (SSSR count). The van der Waals surface area contributed by atoms with Crippen LogP contribution < -0.4 is 10.5 Å². The summed E-state index contributed by atoms with van der Waals surface area (Å²) in [6, 6.07) is 8.16. The van der Waals surface area contributed by atoms with Gasteiger partial charge in [0.05, 0.1) is 0 Å². The number of aryl methyl sites for hydroxylation is 1. The largest absolute Gasteiger partial charge is 0.492 e. The van der Waals surface area contributed by atoms with Crippen molar-refractivity contribution >= 4 is 0 Å². The maximum Gasteiger partial charge on any atom is 0.122 e. The highest BCUT2D eigenvalue weighted by Crippen LogP contribution is 2.16. The molecule has 0 aliphatic carbocycles. The summed E-state index contributed by atoms with van der Waals surface area (Å²) in [6.45, 7) is 4.78. The van der Waals surface area contributed by atoms with Crippen molar-refractivity contribution < 1.29 is 4.74 Å². The fourth-order valence-corrected chi connectivity index (χ4v) is 1.37. The van der Waals surface area contributed by atoms with Crippen LogP contribution in [-0.2, 0) is 0 Å². The van der Waals surface area contributed by atoms with Crippen LogP contribution in [0.4, 0.5) is 0 Å². The van der Waals surface area contributed by atoms with Crippen molar-refractivity contribution in [3.8, 4) is 5.75 Å². The Hall–Kier alpha value is -1.02. The second-order valence-corrected chi connectivity index (χ2v) is 3.63. The molecule has 14 heavy (non-hydrogen) atoms. The Morgan fingerprint density at radius 1 is 1.36 bits per heavy atom. The normalized spacial score (nSPS) is 12.5. The zero-order valence-electron chi connectivity index (χ0n) is 8.99. The third kappa shape index (κ3) is 3.38. The molecular weight excluding hydrogens is 174 g/mol. The lowest BCUT2D eigenvalue weighted by atomic mass is 10.2. The molecule has 2 N–H and O–H groups in total. The fourth-order valence-electron chi connectivity index (χ4n) is 1.37. The van der Waals surface area contributed by atoms with Crippen LogP contribution in [0, 0.1) is 6.92 Å². The van der Waals surface area contributed by atoms with Crippen molar-refractivity contribution in [1.82, 2.24) is 0 Å². The van der Waals surface area contributed by atoms with Crippen LogP contribution in [-0.4, -0.2) is 12.6 Å². The van der Waals surface area contributed by atoms with Gasteiger partial charge in [-0.05, 0) is 25.0 Å². The molecule has 0 radical (unpaired) electrons. The minimum atomic E-state index is 0.152. The van der Waals surface area contributed by atoms with Crippen molar-refractivity contribution in [3.63, 3.8) is 0 Å². The Bertz CT molecular complexity index is 273. The van der Waals surface area contributed by atoms with Crippen LogP contribution in [0.2, 0.25) is 0 Å². The van der Waals surface area contributed by atoms with Gasteiger partial charge in [-0.3, -0.25) is 0 Å². The Morgan fingerprint density at radius 2 is 2.07 bits per heavy atom. The highest BCUT2D eigenvalue weighted by molar-refractivity contribution is 5.31. The fraction of sp³-hybridized carbons (Fsp3) is 0.500. The molecule has 78 valence electrons. The third-order valence-corrected chi connectivity index (χ3v) is 2.21. The van der Waals surface area contributed by atoms with Crippen LogP contribution in [0.3, 0.4) is 0 Å². The average Bonchev–Trinajstić information content (AvgIpc) is 2.17. The smallest absolute Gasteiger partial charge is 0.122 e. The van der Waals surface area contributed by atoms with Gasteiger partial charge in [0.25, 0.3) is 0 Å². The lowest BCUT2D eigenvalue weighted by molar-refractivity contribution is 0.280. The van der Waals surface area contributed by atoms with Crippen molar-refractivity contribution in [2.24, 2.45) is 5.73 Å². The molecule has 0 bridgehead atoms. The molecule has 0 saturated carbocycles. The molecule has 2 heteroatoms. The van der Waals surface area contributed by atoms with Gasteiger partial charge in [0.15, 0.2) is 0 Å². The van der Waals surface area contributed by atoms with Gasteiger partial charge in [-0.15, -0.1) is 0 Å². The summed E-state index contributed by atoms with van der Waals surface area (Å²) in [5.74, 6) is 0.944. The zero-order valence-corrected chi connectivity index (χ0v) is 8.99. The maximum absolute atomic E-state index is 5.86. The standard InChI is InChI=1S/C12H19NO/c1-3-6-11(13)9-14-12-8-5-4-7-10(12)2/h4-5,7-8,11H,3,6,9,13H2,1-2H3. The maximum atomic E-state index is 5.86. The molecule has 1 atom stereocenters. The van der Waals surface area contributed by atoms with Crippen molar-refractivity contribution in [1.29, 1.82) is 0 Å². The lowest BCUT2D eigenvalue weighted by Crippen LogP contribution is -2.27. The first-order valence-electron chi connectivity index (χ1n) is 5.18. The molecule has 0 aliphatic rings. The van der Waals surface area contributed by atoms with E-state index in [9.17, 15) is 0 Å². The lowest BCUT2D eigenvalue weighted by Gasteiger charge is -2.13. The van der Waals surface area contributed by atoms with Crippen molar-refractivity contribution in [3.05, 3.63) is 29.8 Å². The summed E-state index contributed by atoms with van der Waals surface area (Å²) in [7, 11) is 0. The molecule has 1 aromatic carbocycles. The first kappa shape index (κ1) is 11.1. The molecule has 0 amide bonds. The van der Waals surface area contributed by atoms with Gasteiger partial charge in [-0.1, -0.05) is 31.5 Å². The van der Waals surface area contributed by atoms with Gasteiger partial charge in [-0.25, -0.2) is 0 Å². The monoisotopic (exact) mass is 193 g/mol. The van der Waals surface area contributed by atoms with Gasteiger partial charge < -0.3 is 10.5 Å². The van der Waals surface area contributed by atoms with E-state index in [0.29, 0.717) is 6.61 Å². The molecule has 2 nitrogen and oxygen atoms in total. The van der Waals surface area contributed by atoms with Crippen LogP contribution in [0.5, 0.6) is 5.75 Å².